The van der Waals surface area contributed by atoms with Crippen LogP contribution in [0.2, 0.25) is 0 Å². The number of ether oxygens (including phenoxy) is 1. The Kier molecular flexibility index (Phi) is 4.63. The fraction of sp³-hybridized carbons (Fsp3) is 0.231. The van der Waals surface area contributed by atoms with Gasteiger partial charge in [-0.2, -0.15) is 5.26 Å². The molecule has 0 fully saturated rings. The van der Waals surface area contributed by atoms with Crippen molar-refractivity contribution in [3.63, 3.8) is 0 Å². The first kappa shape index (κ1) is 11.8. The lowest BCUT2D eigenvalue weighted by atomic mass is 10.1. The third-order valence-electron chi connectivity index (χ3n) is 1.76. The molecule has 0 spiro atoms. The number of nitrogens with zero attached hydrogens (tertiary/aromatic N) is 1. The van der Waals surface area contributed by atoms with Gasteiger partial charge in [-0.25, -0.2) is 0 Å². The summed E-state index contributed by atoms with van der Waals surface area (Å²) in [7, 11) is 0. The van der Waals surface area contributed by atoms with Gasteiger partial charge in [-0.15, -0.1) is 0 Å². The summed E-state index contributed by atoms with van der Waals surface area (Å²) in [6.07, 6.45) is 0.0740. The minimum atomic E-state index is -0.327. The monoisotopic (exact) mass is 213 g/mol. The van der Waals surface area contributed by atoms with E-state index >= 15 is 0 Å². The Morgan fingerprint density at radius 2 is 2.19 bits per heavy atom. The molecule has 0 bridgehead atoms. The SMILES string of the molecule is CCOC(=O)CC#Cc1cccc(C#N)c1. The van der Waals surface area contributed by atoms with Crippen molar-refractivity contribution in [1.29, 1.82) is 5.26 Å². The van der Waals surface area contributed by atoms with E-state index in [1.807, 2.05) is 6.07 Å². The smallest absolute Gasteiger partial charge is 0.317 e. The number of rotatable bonds is 2. The molecule has 0 saturated heterocycles. The molecule has 0 saturated carbocycles. The summed E-state index contributed by atoms with van der Waals surface area (Å²) in [5.41, 5.74) is 1.28. The minimum absolute atomic E-state index is 0.0740. The van der Waals surface area contributed by atoms with E-state index in [2.05, 4.69) is 11.8 Å². The van der Waals surface area contributed by atoms with E-state index in [0.717, 1.165) is 5.56 Å². The summed E-state index contributed by atoms with van der Waals surface area (Å²) in [6.45, 7) is 2.12. The van der Waals surface area contributed by atoms with E-state index in [-0.39, 0.29) is 12.4 Å². The van der Waals surface area contributed by atoms with E-state index in [0.29, 0.717) is 12.2 Å². The minimum Gasteiger partial charge on any atom is -0.465 e. The summed E-state index contributed by atoms with van der Waals surface area (Å²) < 4.78 is 4.73. The maximum absolute atomic E-state index is 11.0. The number of esters is 1. The highest BCUT2D eigenvalue weighted by Gasteiger charge is 1.96. The summed E-state index contributed by atoms with van der Waals surface area (Å²) in [5.74, 6) is 5.18. The van der Waals surface area contributed by atoms with Gasteiger partial charge in [-0.3, -0.25) is 4.79 Å². The van der Waals surface area contributed by atoms with Gasteiger partial charge in [0.25, 0.3) is 0 Å². The highest BCUT2D eigenvalue weighted by Crippen LogP contribution is 2.02. The Morgan fingerprint density at radius 1 is 1.44 bits per heavy atom. The predicted molar refractivity (Wildman–Crippen MR) is 59.3 cm³/mol. The highest BCUT2D eigenvalue weighted by atomic mass is 16.5. The van der Waals surface area contributed by atoms with Gasteiger partial charge in [0.1, 0.15) is 6.42 Å². The van der Waals surface area contributed by atoms with Gasteiger partial charge in [-0.1, -0.05) is 17.9 Å². The maximum atomic E-state index is 11.0. The zero-order valence-electron chi connectivity index (χ0n) is 8.99. The molecule has 0 aliphatic carbocycles. The van der Waals surface area contributed by atoms with E-state index < -0.39 is 0 Å². The van der Waals surface area contributed by atoms with Crippen LogP contribution in [0.4, 0.5) is 0 Å². The third-order valence-corrected chi connectivity index (χ3v) is 1.76. The van der Waals surface area contributed by atoms with Crippen LogP contribution >= 0.6 is 0 Å². The van der Waals surface area contributed by atoms with E-state index in [9.17, 15) is 4.79 Å². The Hall–Kier alpha value is -2.26. The van der Waals surface area contributed by atoms with Crippen LogP contribution in [0, 0.1) is 23.2 Å². The first-order valence-electron chi connectivity index (χ1n) is 4.91. The number of carbonyl (C=O) groups is 1. The van der Waals surface area contributed by atoms with Crippen LogP contribution in [0.15, 0.2) is 24.3 Å². The van der Waals surface area contributed by atoms with Crippen LogP contribution in [0.5, 0.6) is 0 Å². The number of carbonyl (C=O) groups excluding carboxylic acids is 1. The van der Waals surface area contributed by atoms with Gasteiger partial charge in [0.2, 0.25) is 0 Å². The summed E-state index contributed by atoms with van der Waals surface area (Å²) in [4.78, 5) is 11.0. The Balaban J connectivity index is 2.63. The first-order valence-corrected chi connectivity index (χ1v) is 4.91. The lowest BCUT2D eigenvalue weighted by molar-refractivity contribution is -0.141. The average Bonchev–Trinajstić information content (AvgIpc) is 2.30. The zero-order chi connectivity index (χ0) is 11.8. The summed E-state index contributed by atoms with van der Waals surface area (Å²) in [6, 6.07) is 8.96. The van der Waals surface area contributed by atoms with Gasteiger partial charge in [0.15, 0.2) is 0 Å². The molecular weight excluding hydrogens is 202 g/mol. The molecule has 0 aromatic heterocycles. The highest BCUT2D eigenvalue weighted by molar-refractivity contribution is 5.72. The maximum Gasteiger partial charge on any atom is 0.317 e. The first-order chi connectivity index (χ1) is 7.76. The van der Waals surface area contributed by atoms with Crippen molar-refractivity contribution in [2.75, 3.05) is 6.61 Å². The molecule has 16 heavy (non-hydrogen) atoms. The van der Waals surface area contributed by atoms with Crippen LogP contribution < -0.4 is 0 Å². The van der Waals surface area contributed by atoms with Gasteiger partial charge in [0.05, 0.1) is 18.2 Å². The number of benzene rings is 1. The molecule has 3 nitrogen and oxygen atoms in total. The molecule has 3 heteroatoms. The molecule has 0 heterocycles. The molecule has 1 aromatic carbocycles. The van der Waals surface area contributed by atoms with E-state index in [1.54, 1.807) is 31.2 Å². The largest absolute Gasteiger partial charge is 0.465 e. The Labute approximate surface area is 94.7 Å². The average molecular weight is 213 g/mol. The van der Waals surface area contributed by atoms with Crippen molar-refractivity contribution < 1.29 is 9.53 Å². The number of hydrogen-bond donors (Lipinski definition) is 0. The normalized spacial score (nSPS) is 8.50. The molecule has 0 aliphatic rings. The van der Waals surface area contributed by atoms with Crippen molar-refractivity contribution in [2.45, 2.75) is 13.3 Å². The molecule has 0 atom stereocenters. The molecule has 80 valence electrons. The molecule has 0 amide bonds. The topological polar surface area (TPSA) is 50.1 Å². The molecule has 1 rings (SSSR count). The second kappa shape index (κ2) is 6.27. The van der Waals surface area contributed by atoms with Crippen molar-refractivity contribution >= 4 is 5.97 Å². The van der Waals surface area contributed by atoms with Gasteiger partial charge in [0, 0.05) is 5.56 Å². The molecular formula is C13H11NO2. The van der Waals surface area contributed by atoms with Crippen molar-refractivity contribution in [3.8, 4) is 17.9 Å². The third kappa shape index (κ3) is 3.86. The molecule has 0 radical (unpaired) electrons. The molecule has 1 aromatic rings. The van der Waals surface area contributed by atoms with Crippen LogP contribution in [-0.2, 0) is 9.53 Å². The fourth-order valence-corrected chi connectivity index (χ4v) is 1.10. The predicted octanol–water partition coefficient (Wildman–Crippen LogP) is 1.86. The number of hydrogen-bond acceptors (Lipinski definition) is 3. The molecule has 0 unspecified atom stereocenters. The fourth-order valence-electron chi connectivity index (χ4n) is 1.10. The Morgan fingerprint density at radius 3 is 2.88 bits per heavy atom. The second-order valence-corrected chi connectivity index (χ2v) is 2.98. The lowest BCUT2D eigenvalue weighted by Gasteiger charge is -1.94. The summed E-state index contributed by atoms with van der Waals surface area (Å²) >= 11 is 0. The van der Waals surface area contributed by atoms with Crippen LogP contribution in [0.25, 0.3) is 0 Å². The van der Waals surface area contributed by atoms with Gasteiger partial charge < -0.3 is 4.74 Å². The van der Waals surface area contributed by atoms with Gasteiger partial charge in [-0.05, 0) is 25.1 Å². The van der Waals surface area contributed by atoms with Gasteiger partial charge >= 0.3 is 5.97 Å². The van der Waals surface area contributed by atoms with Crippen molar-refractivity contribution in [2.24, 2.45) is 0 Å². The molecule has 0 N–H and O–H groups in total. The summed E-state index contributed by atoms with van der Waals surface area (Å²) in [5, 5.41) is 8.67. The van der Waals surface area contributed by atoms with Crippen LogP contribution in [0.3, 0.4) is 0 Å². The quantitative estimate of drug-likeness (QED) is 0.556. The molecule has 0 aliphatic heterocycles. The van der Waals surface area contributed by atoms with Crippen molar-refractivity contribution in [3.05, 3.63) is 35.4 Å². The van der Waals surface area contributed by atoms with Crippen LogP contribution in [-0.4, -0.2) is 12.6 Å². The second-order valence-electron chi connectivity index (χ2n) is 2.98. The van der Waals surface area contributed by atoms with Crippen LogP contribution in [0.1, 0.15) is 24.5 Å². The lowest BCUT2D eigenvalue weighted by Crippen LogP contribution is -2.01. The zero-order valence-corrected chi connectivity index (χ0v) is 8.99. The van der Waals surface area contributed by atoms with Crippen molar-refractivity contribution in [1.82, 2.24) is 0 Å². The Bertz CT molecular complexity index is 475. The van der Waals surface area contributed by atoms with E-state index in [1.165, 1.54) is 0 Å². The standard InChI is InChI=1S/C13H11NO2/c1-2-16-13(15)8-4-6-11-5-3-7-12(9-11)10-14/h3,5,7,9H,2,8H2,1H3. The van der Waals surface area contributed by atoms with E-state index in [4.69, 9.17) is 10.00 Å². The number of nitriles is 1.